The van der Waals surface area contributed by atoms with Gasteiger partial charge in [-0.1, -0.05) is 12.1 Å². The van der Waals surface area contributed by atoms with Crippen LogP contribution in [-0.2, 0) is 16.1 Å². The van der Waals surface area contributed by atoms with Crippen molar-refractivity contribution < 1.29 is 14.3 Å². The number of rotatable bonds is 4. The van der Waals surface area contributed by atoms with Crippen LogP contribution in [0.25, 0.3) is 11.1 Å². The van der Waals surface area contributed by atoms with Gasteiger partial charge in [0.15, 0.2) is 0 Å². The molecule has 1 aliphatic carbocycles. The number of benzene rings is 1. The topological polar surface area (TPSA) is 76.6 Å². The fourth-order valence-corrected chi connectivity index (χ4v) is 4.74. The maximum Gasteiger partial charge on any atom is 0.230 e. The number of anilines is 3. The van der Waals surface area contributed by atoms with Crippen LogP contribution in [0.15, 0.2) is 54.9 Å². The molecule has 1 aliphatic heterocycles. The summed E-state index contributed by atoms with van der Waals surface area (Å²) in [5, 5.41) is 3.44. The molecule has 1 N–H and O–H groups in total. The molecule has 2 aliphatic rings. The number of fused-ring (bicyclic) bond motifs is 2. The molecule has 0 saturated heterocycles. The molecule has 1 saturated carbocycles. The van der Waals surface area contributed by atoms with Crippen molar-refractivity contribution >= 4 is 23.1 Å². The number of methoxy groups -OCH3 is 2. The highest BCUT2D eigenvalue weighted by Crippen LogP contribution is 2.40. The van der Waals surface area contributed by atoms with Gasteiger partial charge in [-0.3, -0.25) is 4.79 Å². The second kappa shape index (κ2) is 9.19. The number of carbonyl (C=O) groups is 1. The van der Waals surface area contributed by atoms with Gasteiger partial charge in [-0.15, -0.1) is 0 Å². The number of carbonyl (C=O) groups excluding carboxylic acids is 1. The van der Waals surface area contributed by atoms with E-state index in [4.69, 9.17) is 9.47 Å². The Kier molecular flexibility index (Phi) is 5.96. The molecule has 0 bridgehead atoms. The molecule has 5 rings (SSSR count). The molecule has 33 heavy (non-hydrogen) atoms. The highest BCUT2D eigenvalue weighted by Gasteiger charge is 2.33. The normalized spacial score (nSPS) is 19.6. The molecule has 3 heterocycles. The Balaban J connectivity index is 1.52. The Morgan fingerprint density at radius 2 is 1.85 bits per heavy atom. The van der Waals surface area contributed by atoms with Gasteiger partial charge in [0, 0.05) is 42.6 Å². The molecule has 2 aromatic heterocycles. The number of nitrogens with one attached hydrogen (secondary N) is 1. The minimum atomic E-state index is -0.00576. The number of nitrogens with zero attached hydrogens (tertiary/aromatic N) is 3. The Labute approximate surface area is 193 Å². The first-order chi connectivity index (χ1) is 16.2. The molecule has 0 radical (unpaired) electrons. The highest BCUT2D eigenvalue weighted by molar-refractivity contribution is 6.00. The van der Waals surface area contributed by atoms with Crippen molar-refractivity contribution in [2.75, 3.05) is 24.4 Å². The fraction of sp³-hybridized carbons (Fsp3) is 0.346. The molecule has 1 fully saturated rings. The fourth-order valence-electron chi connectivity index (χ4n) is 4.74. The summed E-state index contributed by atoms with van der Waals surface area (Å²) in [5.74, 6) is 1.51. The molecule has 0 atom stereocenters. The maximum atomic E-state index is 13.8. The molecule has 0 unspecified atom stereocenters. The molecule has 1 amide bonds. The zero-order valence-corrected chi connectivity index (χ0v) is 19.0. The average molecular weight is 445 g/mol. The largest absolute Gasteiger partial charge is 0.481 e. The average Bonchev–Trinajstić information content (AvgIpc) is 3.04. The Hall–Kier alpha value is -3.45. The Bertz CT molecular complexity index is 1140. The van der Waals surface area contributed by atoms with Crippen LogP contribution < -0.4 is 15.0 Å². The van der Waals surface area contributed by atoms with E-state index in [1.54, 1.807) is 26.6 Å². The van der Waals surface area contributed by atoms with Gasteiger partial charge in [0.1, 0.15) is 5.82 Å². The van der Waals surface area contributed by atoms with E-state index >= 15 is 0 Å². The van der Waals surface area contributed by atoms with Gasteiger partial charge in [0.25, 0.3) is 0 Å². The zero-order valence-electron chi connectivity index (χ0n) is 19.0. The number of pyridine rings is 2. The zero-order chi connectivity index (χ0) is 22.8. The third kappa shape index (κ3) is 4.28. The quantitative estimate of drug-likeness (QED) is 0.614. The molecule has 0 spiro atoms. The van der Waals surface area contributed by atoms with E-state index in [1.165, 1.54) is 0 Å². The summed E-state index contributed by atoms with van der Waals surface area (Å²) < 4.78 is 10.7. The summed E-state index contributed by atoms with van der Waals surface area (Å²) in [5.41, 5.74) is 4.69. The van der Waals surface area contributed by atoms with Gasteiger partial charge in [-0.2, -0.15) is 0 Å². The Morgan fingerprint density at radius 1 is 1.03 bits per heavy atom. The van der Waals surface area contributed by atoms with Gasteiger partial charge in [0.05, 0.1) is 31.1 Å². The van der Waals surface area contributed by atoms with Crippen LogP contribution in [-0.4, -0.2) is 36.2 Å². The van der Waals surface area contributed by atoms with Gasteiger partial charge < -0.3 is 19.7 Å². The van der Waals surface area contributed by atoms with Crippen molar-refractivity contribution in [2.24, 2.45) is 5.92 Å². The number of aromatic nitrogens is 2. The summed E-state index contributed by atoms with van der Waals surface area (Å²) >= 11 is 0. The maximum absolute atomic E-state index is 13.8. The molecular formula is C26H28N4O3. The summed E-state index contributed by atoms with van der Waals surface area (Å²) in [6, 6.07) is 13.9. The van der Waals surface area contributed by atoms with Crippen LogP contribution >= 0.6 is 0 Å². The minimum absolute atomic E-state index is 0.00576. The number of hydrogen-bond acceptors (Lipinski definition) is 6. The van der Waals surface area contributed by atoms with Gasteiger partial charge in [0.2, 0.25) is 11.8 Å². The van der Waals surface area contributed by atoms with E-state index in [0.29, 0.717) is 12.4 Å². The van der Waals surface area contributed by atoms with Crippen LogP contribution in [0.4, 0.5) is 17.2 Å². The highest BCUT2D eigenvalue weighted by atomic mass is 16.5. The lowest BCUT2D eigenvalue weighted by atomic mass is 9.86. The first-order valence-electron chi connectivity index (χ1n) is 11.4. The third-order valence-corrected chi connectivity index (χ3v) is 6.66. The monoisotopic (exact) mass is 444 g/mol. The van der Waals surface area contributed by atoms with Gasteiger partial charge >= 0.3 is 0 Å². The van der Waals surface area contributed by atoms with Crippen molar-refractivity contribution in [3.05, 3.63) is 60.4 Å². The van der Waals surface area contributed by atoms with Gasteiger partial charge in [-0.25, -0.2) is 9.97 Å². The van der Waals surface area contributed by atoms with Gasteiger partial charge in [-0.05, 0) is 55.5 Å². The molecular weight excluding hydrogens is 416 g/mol. The van der Waals surface area contributed by atoms with E-state index in [0.717, 1.165) is 59.6 Å². The molecule has 7 nitrogen and oxygen atoms in total. The lowest BCUT2D eigenvalue weighted by Gasteiger charge is -2.32. The molecule has 3 aromatic rings. The summed E-state index contributed by atoms with van der Waals surface area (Å²) in [4.78, 5) is 24.6. The Morgan fingerprint density at radius 3 is 2.58 bits per heavy atom. The summed E-state index contributed by atoms with van der Waals surface area (Å²) in [6.07, 6.45) is 7.34. The van der Waals surface area contributed by atoms with E-state index in [1.807, 2.05) is 41.3 Å². The van der Waals surface area contributed by atoms with Crippen molar-refractivity contribution in [1.82, 2.24) is 9.97 Å². The van der Waals surface area contributed by atoms with E-state index in [9.17, 15) is 4.79 Å². The molecule has 170 valence electrons. The predicted octanol–water partition coefficient (Wildman–Crippen LogP) is 4.95. The minimum Gasteiger partial charge on any atom is -0.481 e. The third-order valence-electron chi connectivity index (χ3n) is 6.66. The lowest BCUT2D eigenvalue weighted by Crippen LogP contribution is -2.38. The first-order valence-corrected chi connectivity index (χ1v) is 11.4. The second-order valence-electron chi connectivity index (χ2n) is 8.59. The van der Waals surface area contributed by atoms with Crippen LogP contribution in [0, 0.1) is 5.92 Å². The number of hydrogen-bond donors (Lipinski definition) is 1. The molecule has 7 heteroatoms. The van der Waals surface area contributed by atoms with Crippen molar-refractivity contribution in [1.29, 1.82) is 0 Å². The SMILES string of the molecule is COc1ccc(-c2ccc3c(c2)N(C(=O)[C@H]2CC[C@H](OC)CC2)Cc2cccnc2N3)cn1. The lowest BCUT2D eigenvalue weighted by molar-refractivity contribution is -0.124. The van der Waals surface area contributed by atoms with Crippen molar-refractivity contribution in [3.8, 4) is 17.0 Å². The van der Waals surface area contributed by atoms with E-state index in [2.05, 4.69) is 21.4 Å². The smallest absolute Gasteiger partial charge is 0.230 e. The van der Waals surface area contributed by atoms with Crippen molar-refractivity contribution in [2.45, 2.75) is 38.3 Å². The van der Waals surface area contributed by atoms with Crippen LogP contribution in [0.1, 0.15) is 31.2 Å². The summed E-state index contributed by atoms with van der Waals surface area (Å²) in [6.45, 7) is 0.483. The first kappa shape index (κ1) is 21.4. The van der Waals surface area contributed by atoms with Crippen LogP contribution in [0.2, 0.25) is 0 Å². The van der Waals surface area contributed by atoms with Crippen LogP contribution in [0.5, 0.6) is 5.88 Å². The van der Waals surface area contributed by atoms with E-state index < -0.39 is 0 Å². The second-order valence-corrected chi connectivity index (χ2v) is 8.59. The van der Waals surface area contributed by atoms with Crippen molar-refractivity contribution in [3.63, 3.8) is 0 Å². The van der Waals surface area contributed by atoms with Crippen LogP contribution in [0.3, 0.4) is 0 Å². The standard InChI is InChI=1S/C26H28N4O3/c1-32-21-9-5-17(6-10-21)26(31)30-16-20-4-3-13-27-25(20)29-22-11-7-18(14-23(22)30)19-8-12-24(33-2)28-15-19/h3-4,7-8,11-15,17,21H,5-6,9-10,16H2,1-2H3,(H,27,29)/t17-,21-. The molecule has 1 aromatic carbocycles. The summed E-state index contributed by atoms with van der Waals surface area (Å²) in [7, 11) is 3.36. The van der Waals surface area contributed by atoms with E-state index in [-0.39, 0.29) is 17.9 Å². The predicted molar refractivity (Wildman–Crippen MR) is 128 cm³/mol. The number of amides is 1. The number of ether oxygens (including phenoxy) is 2.